The Bertz CT molecular complexity index is 1070. The van der Waals surface area contributed by atoms with E-state index in [4.69, 9.17) is 14.3 Å². The molecule has 1 heterocycles. The number of ether oxygens (including phenoxy) is 1. The Morgan fingerprint density at radius 1 is 1.06 bits per heavy atom. The van der Waals surface area contributed by atoms with Crippen LogP contribution < -0.4 is 4.74 Å². The van der Waals surface area contributed by atoms with Crippen molar-refractivity contribution in [1.29, 1.82) is 0 Å². The lowest BCUT2D eigenvalue weighted by Gasteiger charge is -2.19. The molecule has 166 valence electrons. The third-order valence-electron chi connectivity index (χ3n) is 5.06. The van der Waals surface area contributed by atoms with Crippen LogP contribution in [-0.2, 0) is 11.3 Å². The van der Waals surface area contributed by atoms with Crippen molar-refractivity contribution in [3.63, 3.8) is 0 Å². The monoisotopic (exact) mass is 433 g/mol. The van der Waals surface area contributed by atoms with Crippen molar-refractivity contribution in [2.24, 2.45) is 0 Å². The first-order chi connectivity index (χ1) is 15.5. The average molecular weight is 434 g/mol. The number of furan rings is 1. The lowest BCUT2D eigenvalue weighted by atomic mass is 10.1. The first kappa shape index (κ1) is 22.9. The number of carboxylic acid groups (broad SMARTS) is 1. The van der Waals surface area contributed by atoms with Gasteiger partial charge in [-0.1, -0.05) is 36.4 Å². The van der Waals surface area contributed by atoms with Crippen molar-refractivity contribution in [2.45, 2.75) is 26.3 Å². The molecule has 0 saturated heterocycles. The van der Waals surface area contributed by atoms with Crippen molar-refractivity contribution in [1.82, 2.24) is 4.90 Å². The fourth-order valence-electron chi connectivity index (χ4n) is 3.21. The van der Waals surface area contributed by atoms with Gasteiger partial charge in [0, 0.05) is 35.9 Å². The summed E-state index contributed by atoms with van der Waals surface area (Å²) in [5.41, 5.74) is 2.76. The summed E-state index contributed by atoms with van der Waals surface area (Å²) < 4.78 is 11.3. The molecular formula is C26H27NO5. The van der Waals surface area contributed by atoms with Crippen LogP contribution in [0, 0.1) is 0 Å². The van der Waals surface area contributed by atoms with Crippen LogP contribution >= 0.6 is 0 Å². The number of benzene rings is 2. The fraction of sp³-hybridized carbons (Fsp3) is 0.231. The van der Waals surface area contributed by atoms with Crippen LogP contribution in [0.1, 0.15) is 35.7 Å². The quantitative estimate of drug-likeness (QED) is 0.342. The third-order valence-corrected chi connectivity index (χ3v) is 5.06. The van der Waals surface area contributed by atoms with E-state index in [9.17, 15) is 9.59 Å². The summed E-state index contributed by atoms with van der Waals surface area (Å²) in [5.74, 6) is 0.496. The van der Waals surface area contributed by atoms with Crippen molar-refractivity contribution in [2.75, 3.05) is 13.7 Å². The van der Waals surface area contributed by atoms with Gasteiger partial charge < -0.3 is 19.2 Å². The molecule has 0 unspecified atom stereocenters. The van der Waals surface area contributed by atoms with E-state index >= 15 is 0 Å². The molecule has 1 aromatic heterocycles. The Morgan fingerprint density at radius 2 is 1.81 bits per heavy atom. The van der Waals surface area contributed by atoms with Gasteiger partial charge in [0.1, 0.15) is 11.5 Å². The molecule has 3 aromatic rings. The second-order valence-electron chi connectivity index (χ2n) is 7.51. The minimum absolute atomic E-state index is 0.0833. The topological polar surface area (TPSA) is 80.0 Å². The molecule has 6 nitrogen and oxygen atoms in total. The Hall–Kier alpha value is -3.80. The summed E-state index contributed by atoms with van der Waals surface area (Å²) in [6, 6.07) is 18.7. The lowest BCUT2D eigenvalue weighted by Crippen LogP contribution is -2.26. The molecule has 0 saturated carbocycles. The van der Waals surface area contributed by atoms with Gasteiger partial charge in [0.2, 0.25) is 0 Å². The molecule has 0 radical (unpaired) electrons. The van der Waals surface area contributed by atoms with Crippen LogP contribution in [0.2, 0.25) is 0 Å². The highest BCUT2D eigenvalue weighted by molar-refractivity contribution is 5.94. The molecule has 0 spiro atoms. The molecule has 0 atom stereocenters. The zero-order valence-corrected chi connectivity index (χ0v) is 18.3. The van der Waals surface area contributed by atoms with Crippen LogP contribution in [0.3, 0.4) is 0 Å². The highest BCUT2D eigenvalue weighted by Gasteiger charge is 2.14. The number of amides is 1. The molecule has 0 aliphatic rings. The van der Waals surface area contributed by atoms with E-state index in [1.807, 2.05) is 48.5 Å². The van der Waals surface area contributed by atoms with E-state index in [-0.39, 0.29) is 5.91 Å². The summed E-state index contributed by atoms with van der Waals surface area (Å²) in [4.78, 5) is 25.4. The zero-order valence-electron chi connectivity index (χ0n) is 18.3. The summed E-state index contributed by atoms with van der Waals surface area (Å²) in [6.07, 6.45) is 4.65. The Kier molecular flexibility index (Phi) is 7.86. The van der Waals surface area contributed by atoms with Crippen LogP contribution in [0.25, 0.3) is 11.3 Å². The smallest absolute Gasteiger partial charge is 0.330 e. The highest BCUT2D eigenvalue weighted by Crippen LogP contribution is 2.23. The van der Waals surface area contributed by atoms with E-state index in [1.165, 1.54) is 0 Å². The summed E-state index contributed by atoms with van der Waals surface area (Å²) in [6.45, 7) is 2.45. The first-order valence-electron chi connectivity index (χ1n) is 10.5. The number of hydrogen-bond donors (Lipinski definition) is 1. The van der Waals surface area contributed by atoms with Gasteiger partial charge in [0.25, 0.3) is 5.91 Å². The second-order valence-corrected chi connectivity index (χ2v) is 7.51. The standard InChI is InChI=1S/C26H27NO5/c1-19(26(29)30)8-5-6-16-31-24-10-4-3-9-22(24)18-27(2)25(28)21-14-12-20(13-15-21)23-11-7-17-32-23/h3-4,7-15,17H,5-6,16,18H2,1-2H3,(H,29,30). The van der Waals surface area contributed by atoms with E-state index in [2.05, 4.69) is 0 Å². The largest absolute Gasteiger partial charge is 0.493 e. The minimum Gasteiger partial charge on any atom is -0.493 e. The number of carbonyl (C=O) groups is 2. The van der Waals surface area contributed by atoms with Crippen molar-refractivity contribution >= 4 is 11.9 Å². The molecular weight excluding hydrogens is 406 g/mol. The van der Waals surface area contributed by atoms with Crippen molar-refractivity contribution < 1.29 is 23.8 Å². The molecule has 0 aliphatic carbocycles. The molecule has 0 aliphatic heterocycles. The van der Waals surface area contributed by atoms with Gasteiger partial charge in [-0.15, -0.1) is 0 Å². The van der Waals surface area contributed by atoms with Gasteiger partial charge in [-0.25, -0.2) is 4.79 Å². The molecule has 1 amide bonds. The average Bonchev–Trinajstić information content (AvgIpc) is 3.34. The number of carbonyl (C=O) groups excluding carboxylic acids is 1. The summed E-state index contributed by atoms with van der Waals surface area (Å²) in [7, 11) is 1.76. The predicted molar refractivity (Wildman–Crippen MR) is 123 cm³/mol. The van der Waals surface area contributed by atoms with Gasteiger partial charge in [-0.3, -0.25) is 4.79 Å². The van der Waals surface area contributed by atoms with E-state index in [0.717, 1.165) is 22.6 Å². The van der Waals surface area contributed by atoms with Crippen LogP contribution in [0.5, 0.6) is 5.75 Å². The molecule has 6 heteroatoms. The number of allylic oxidation sites excluding steroid dienone is 1. The predicted octanol–water partition coefficient (Wildman–Crippen LogP) is 5.41. The van der Waals surface area contributed by atoms with E-state index < -0.39 is 5.97 Å². The molecule has 1 N–H and O–H groups in total. The van der Waals surface area contributed by atoms with Gasteiger partial charge in [0.15, 0.2) is 0 Å². The molecule has 3 rings (SSSR count). The summed E-state index contributed by atoms with van der Waals surface area (Å²) in [5, 5.41) is 8.88. The zero-order chi connectivity index (χ0) is 22.9. The maximum Gasteiger partial charge on any atom is 0.330 e. The number of hydrogen-bond acceptors (Lipinski definition) is 4. The molecule has 2 aromatic carbocycles. The first-order valence-corrected chi connectivity index (χ1v) is 10.5. The van der Waals surface area contributed by atoms with Crippen molar-refractivity contribution in [3.05, 3.63) is 89.7 Å². The summed E-state index contributed by atoms with van der Waals surface area (Å²) >= 11 is 0. The van der Waals surface area contributed by atoms with Crippen molar-refractivity contribution in [3.8, 4) is 17.1 Å². The van der Waals surface area contributed by atoms with E-state index in [1.54, 1.807) is 43.3 Å². The van der Waals surface area contributed by atoms with Gasteiger partial charge in [0.05, 0.1) is 12.9 Å². The lowest BCUT2D eigenvalue weighted by molar-refractivity contribution is -0.132. The second kappa shape index (κ2) is 11.0. The number of unbranched alkanes of at least 4 members (excludes halogenated alkanes) is 1. The SMILES string of the molecule is CC(=CCCCOc1ccccc1CN(C)C(=O)c1ccc(-c2ccco2)cc1)C(=O)O. The van der Waals surface area contributed by atoms with Crippen LogP contribution in [-0.4, -0.2) is 35.5 Å². The fourth-order valence-corrected chi connectivity index (χ4v) is 3.21. The number of aliphatic carboxylic acids is 1. The van der Waals surface area contributed by atoms with Crippen LogP contribution in [0.15, 0.2) is 83.0 Å². The van der Waals surface area contributed by atoms with Gasteiger partial charge >= 0.3 is 5.97 Å². The number of rotatable bonds is 10. The Balaban J connectivity index is 1.57. The number of para-hydroxylation sites is 1. The number of nitrogens with zero attached hydrogens (tertiary/aromatic N) is 1. The molecule has 0 fully saturated rings. The molecule has 0 bridgehead atoms. The minimum atomic E-state index is -0.903. The van der Waals surface area contributed by atoms with Gasteiger partial charge in [-0.05, 0) is 50.1 Å². The van der Waals surface area contributed by atoms with E-state index in [0.29, 0.717) is 37.1 Å². The Labute approximate surface area is 187 Å². The maximum atomic E-state index is 12.9. The number of carboxylic acids is 1. The maximum absolute atomic E-state index is 12.9. The van der Waals surface area contributed by atoms with Gasteiger partial charge in [-0.2, -0.15) is 0 Å². The highest BCUT2D eigenvalue weighted by atomic mass is 16.5. The Morgan fingerprint density at radius 3 is 2.50 bits per heavy atom. The van der Waals surface area contributed by atoms with Crippen LogP contribution in [0.4, 0.5) is 0 Å². The normalized spacial score (nSPS) is 11.2. The molecule has 32 heavy (non-hydrogen) atoms. The third kappa shape index (κ3) is 6.11.